The fourth-order valence-corrected chi connectivity index (χ4v) is 2.19. The molecule has 2 rings (SSSR count). The van der Waals surface area contributed by atoms with Crippen molar-refractivity contribution >= 4 is 21.0 Å². The Labute approximate surface area is 80.3 Å². The number of hydrogen-bond acceptors (Lipinski definition) is 4. The normalized spacial score (nSPS) is 27.1. The third-order valence-corrected chi connectivity index (χ3v) is 3.53. The summed E-state index contributed by atoms with van der Waals surface area (Å²) in [6, 6.07) is 0.0359. The quantitative estimate of drug-likeness (QED) is 0.645. The van der Waals surface area contributed by atoms with E-state index < -0.39 is 20.7 Å². The van der Waals surface area contributed by atoms with Crippen LogP contribution in [0.5, 0.6) is 0 Å². The van der Waals surface area contributed by atoms with Crippen LogP contribution in [0.3, 0.4) is 0 Å². The predicted molar refractivity (Wildman–Crippen MR) is 48.2 cm³/mol. The molecule has 1 heterocycles. The van der Waals surface area contributed by atoms with Crippen molar-refractivity contribution < 1.29 is 18.3 Å². The van der Waals surface area contributed by atoms with Gasteiger partial charge >= 0.3 is 5.97 Å². The van der Waals surface area contributed by atoms with Gasteiger partial charge in [-0.05, 0) is 12.8 Å². The van der Waals surface area contributed by atoms with Crippen LogP contribution in [0.2, 0.25) is 0 Å². The first-order chi connectivity index (χ1) is 6.51. The van der Waals surface area contributed by atoms with Gasteiger partial charge in [-0.25, -0.2) is 13.2 Å². The van der Waals surface area contributed by atoms with Crippen molar-refractivity contribution in [2.24, 2.45) is 4.99 Å². The molecule has 6 nitrogen and oxygen atoms in total. The number of nitrogens with zero attached hydrogens (tertiary/aromatic N) is 1. The summed E-state index contributed by atoms with van der Waals surface area (Å²) in [6.07, 6.45) is 2.69. The van der Waals surface area contributed by atoms with Gasteiger partial charge in [-0.2, -0.15) is 0 Å². The van der Waals surface area contributed by atoms with Crippen molar-refractivity contribution in [3.63, 3.8) is 0 Å². The van der Waals surface area contributed by atoms with Gasteiger partial charge < -0.3 is 10.4 Å². The lowest BCUT2D eigenvalue weighted by atomic mass is 10.6. The van der Waals surface area contributed by atoms with Gasteiger partial charge in [-0.1, -0.05) is 0 Å². The van der Waals surface area contributed by atoms with Crippen LogP contribution in [-0.2, 0) is 14.6 Å². The molecule has 0 aromatic heterocycles. The van der Waals surface area contributed by atoms with E-state index in [1.807, 2.05) is 0 Å². The van der Waals surface area contributed by atoms with E-state index >= 15 is 0 Å². The molecule has 7 heteroatoms. The number of aliphatic imine (C=N–C) groups is 1. The molecule has 14 heavy (non-hydrogen) atoms. The highest BCUT2D eigenvalue weighted by molar-refractivity contribution is 8.10. The van der Waals surface area contributed by atoms with Gasteiger partial charge in [-0.15, -0.1) is 0 Å². The van der Waals surface area contributed by atoms with Gasteiger partial charge in [0, 0.05) is 6.20 Å². The smallest absolute Gasteiger partial charge is 0.349 e. The van der Waals surface area contributed by atoms with Crippen molar-refractivity contribution in [1.82, 2.24) is 5.32 Å². The molecule has 1 fully saturated rings. The molecule has 0 radical (unpaired) electrons. The van der Waals surface area contributed by atoms with Crippen molar-refractivity contribution in [1.29, 1.82) is 0 Å². The minimum atomic E-state index is -3.88. The first kappa shape index (κ1) is 9.20. The van der Waals surface area contributed by atoms with E-state index in [-0.39, 0.29) is 11.2 Å². The summed E-state index contributed by atoms with van der Waals surface area (Å²) in [5.41, 5.74) is 0. The molecule has 0 saturated heterocycles. The molecule has 0 aromatic rings. The maximum Gasteiger partial charge on any atom is 0.349 e. The predicted octanol–water partition coefficient (Wildman–Crippen LogP) is -0.551. The van der Waals surface area contributed by atoms with E-state index in [0.717, 1.165) is 19.0 Å². The second kappa shape index (κ2) is 2.81. The van der Waals surface area contributed by atoms with Crippen LogP contribution in [-0.4, -0.2) is 30.7 Å². The van der Waals surface area contributed by atoms with Crippen LogP contribution in [0, 0.1) is 0 Å². The maximum atomic E-state index is 11.5. The average molecular weight is 216 g/mol. The Balaban J connectivity index is 2.34. The fourth-order valence-electron chi connectivity index (χ4n) is 1.04. The molecule has 2 N–H and O–H groups in total. The summed E-state index contributed by atoms with van der Waals surface area (Å²) in [5, 5.41) is 10.7. The first-order valence-corrected chi connectivity index (χ1v) is 5.53. The highest BCUT2D eigenvalue weighted by atomic mass is 32.2. The standard InChI is InChI=1S/C7H8N2O4S/c10-6(11)5-3-8-7(14(5,12)13)9-4-1-2-4/h3-4H,1-2H2,(H,8,9)(H,10,11). The van der Waals surface area contributed by atoms with Crippen LogP contribution in [0.4, 0.5) is 0 Å². The lowest BCUT2D eigenvalue weighted by molar-refractivity contribution is -0.131. The number of nitrogens with one attached hydrogen (secondary N) is 1. The van der Waals surface area contributed by atoms with Gasteiger partial charge in [0.25, 0.3) is 0 Å². The van der Waals surface area contributed by atoms with Crippen molar-refractivity contribution in [3.05, 3.63) is 11.1 Å². The molecule has 1 aliphatic carbocycles. The van der Waals surface area contributed by atoms with Gasteiger partial charge in [0.15, 0.2) is 4.91 Å². The van der Waals surface area contributed by atoms with Gasteiger partial charge in [0.2, 0.25) is 15.0 Å². The third-order valence-electron chi connectivity index (χ3n) is 1.93. The molecule has 1 aliphatic heterocycles. The van der Waals surface area contributed by atoms with Crippen molar-refractivity contribution in [2.75, 3.05) is 0 Å². The van der Waals surface area contributed by atoms with Crippen LogP contribution >= 0.6 is 0 Å². The molecule has 0 spiro atoms. The van der Waals surface area contributed by atoms with Gasteiger partial charge in [0.05, 0.1) is 6.04 Å². The first-order valence-electron chi connectivity index (χ1n) is 4.04. The van der Waals surface area contributed by atoms with Crippen LogP contribution in [0.25, 0.3) is 0 Å². The van der Waals surface area contributed by atoms with E-state index in [0.29, 0.717) is 0 Å². The number of amidine groups is 1. The molecular weight excluding hydrogens is 208 g/mol. The van der Waals surface area contributed by atoms with Crippen LogP contribution in [0.15, 0.2) is 16.1 Å². The Morgan fingerprint density at radius 1 is 1.57 bits per heavy atom. The minimum Gasteiger partial charge on any atom is -0.477 e. The molecule has 1 saturated carbocycles. The zero-order valence-corrected chi connectivity index (χ0v) is 7.91. The Bertz CT molecular complexity index is 444. The number of aliphatic carboxylic acids is 1. The number of carbonyl (C=O) groups is 1. The molecule has 0 atom stereocenters. The SMILES string of the molecule is O=C(O)C1=CNC(=NC2CC2)S1(=O)=O. The Morgan fingerprint density at radius 3 is 2.64 bits per heavy atom. The highest BCUT2D eigenvalue weighted by Gasteiger charge is 2.37. The molecule has 0 bridgehead atoms. The zero-order valence-electron chi connectivity index (χ0n) is 7.10. The van der Waals surface area contributed by atoms with Crippen LogP contribution < -0.4 is 5.32 Å². The fraction of sp³-hybridized carbons (Fsp3) is 0.429. The van der Waals surface area contributed by atoms with Crippen molar-refractivity contribution in [2.45, 2.75) is 18.9 Å². The maximum absolute atomic E-state index is 11.5. The molecule has 0 aromatic carbocycles. The minimum absolute atomic E-state index is 0.0359. The van der Waals surface area contributed by atoms with E-state index in [2.05, 4.69) is 10.3 Å². The largest absolute Gasteiger partial charge is 0.477 e. The average Bonchev–Trinajstić information content (AvgIpc) is 2.79. The number of hydrogen-bond donors (Lipinski definition) is 2. The summed E-state index contributed by atoms with van der Waals surface area (Å²) < 4.78 is 22.9. The van der Waals surface area contributed by atoms with Gasteiger partial charge in [0.1, 0.15) is 0 Å². The number of sulfone groups is 1. The van der Waals surface area contributed by atoms with Crippen LogP contribution in [0.1, 0.15) is 12.8 Å². The molecule has 76 valence electrons. The number of rotatable bonds is 2. The van der Waals surface area contributed by atoms with E-state index in [1.165, 1.54) is 0 Å². The summed E-state index contributed by atoms with van der Waals surface area (Å²) in [6.45, 7) is 0. The lowest BCUT2D eigenvalue weighted by Gasteiger charge is -1.97. The highest BCUT2D eigenvalue weighted by Crippen LogP contribution is 2.25. The summed E-state index contributed by atoms with van der Waals surface area (Å²) >= 11 is 0. The summed E-state index contributed by atoms with van der Waals surface area (Å²) in [4.78, 5) is 13.8. The Morgan fingerprint density at radius 2 is 2.21 bits per heavy atom. The van der Waals surface area contributed by atoms with E-state index in [9.17, 15) is 13.2 Å². The number of carboxylic acid groups (broad SMARTS) is 1. The Kier molecular flexibility index (Phi) is 1.84. The second-order valence-corrected chi connectivity index (χ2v) is 4.96. The van der Waals surface area contributed by atoms with Crippen molar-refractivity contribution in [3.8, 4) is 0 Å². The molecule has 0 amide bonds. The summed E-state index contributed by atoms with van der Waals surface area (Å²) in [5.74, 6) is -1.46. The topological polar surface area (TPSA) is 95.8 Å². The third kappa shape index (κ3) is 1.39. The Hall–Kier alpha value is -1.37. The van der Waals surface area contributed by atoms with E-state index in [1.54, 1.807) is 0 Å². The monoisotopic (exact) mass is 216 g/mol. The zero-order chi connectivity index (χ0) is 10.3. The molecule has 0 unspecified atom stereocenters. The number of carboxylic acids is 1. The van der Waals surface area contributed by atoms with Gasteiger partial charge in [-0.3, -0.25) is 4.99 Å². The molecule has 2 aliphatic rings. The summed E-state index contributed by atoms with van der Waals surface area (Å²) in [7, 11) is -3.88. The lowest BCUT2D eigenvalue weighted by Crippen LogP contribution is -2.23. The second-order valence-electron chi connectivity index (χ2n) is 3.13. The van der Waals surface area contributed by atoms with E-state index in [4.69, 9.17) is 5.11 Å². The molecular formula is C7H8N2O4S.